The highest BCUT2D eigenvalue weighted by Crippen LogP contribution is 2.37. The van der Waals surface area contributed by atoms with Gasteiger partial charge in [0.1, 0.15) is 0 Å². The number of hydrogen-bond donors (Lipinski definition) is 3. The molecule has 0 unspecified atom stereocenters. The van der Waals surface area contributed by atoms with Crippen LogP contribution in [0.5, 0.6) is 0 Å². The zero-order valence-corrected chi connectivity index (χ0v) is 26.2. The molecule has 0 fully saturated rings. The Bertz CT molecular complexity index is 2090. The molecule has 4 heteroatoms. The normalized spacial score (nSPS) is 11.4. The first-order valence-corrected chi connectivity index (χ1v) is 16.2. The molecular weight excluding hydrogens is 567 g/mol. The van der Waals surface area contributed by atoms with E-state index in [1.165, 1.54) is 49.0 Å². The Balaban J connectivity index is 0.000000160. The number of nitrogen functional groups attached to an aromatic ring is 1. The molecule has 0 bridgehead atoms. The van der Waals surface area contributed by atoms with Gasteiger partial charge in [-0.25, -0.2) is 0 Å². The van der Waals surface area contributed by atoms with Crippen molar-refractivity contribution < 1.29 is 0 Å². The lowest BCUT2D eigenvalue weighted by Gasteiger charge is -2.12. The number of hydrogen-bond acceptors (Lipinski definition) is 4. The Kier molecular flexibility index (Phi) is 9.45. The van der Waals surface area contributed by atoms with Gasteiger partial charge in [-0.1, -0.05) is 151 Å². The predicted molar refractivity (Wildman–Crippen MR) is 196 cm³/mol. The van der Waals surface area contributed by atoms with Crippen molar-refractivity contribution in [2.75, 3.05) is 5.73 Å². The third-order valence-electron chi connectivity index (χ3n) is 7.99. The SMILES string of the molecule is Cc1ccc2c(ccc3ccc(SCc4ccccc4)c(N)c32)c1.NN/C(=C\Cc1ccc2ccccc2c1)c1ccccc1. The van der Waals surface area contributed by atoms with Gasteiger partial charge in [0.15, 0.2) is 0 Å². The average Bonchev–Trinajstić information content (AvgIpc) is 3.09. The topological polar surface area (TPSA) is 64.1 Å². The van der Waals surface area contributed by atoms with Crippen LogP contribution in [0.4, 0.5) is 5.69 Å². The maximum Gasteiger partial charge on any atom is 0.0538 e. The maximum absolute atomic E-state index is 6.57. The lowest BCUT2D eigenvalue weighted by Crippen LogP contribution is -2.20. The molecule has 0 radical (unpaired) electrons. The number of benzene rings is 7. The summed E-state index contributed by atoms with van der Waals surface area (Å²) in [7, 11) is 0. The quantitative estimate of drug-likeness (QED) is 0.0558. The number of thioether (sulfide) groups is 1. The van der Waals surface area contributed by atoms with Gasteiger partial charge < -0.3 is 11.2 Å². The van der Waals surface area contributed by atoms with Crippen LogP contribution in [0.1, 0.15) is 22.3 Å². The first-order chi connectivity index (χ1) is 22.1. The third-order valence-corrected chi connectivity index (χ3v) is 9.13. The summed E-state index contributed by atoms with van der Waals surface area (Å²) in [5, 5.41) is 7.39. The molecule has 0 spiro atoms. The second-order valence-corrected chi connectivity index (χ2v) is 12.2. The maximum atomic E-state index is 6.57. The van der Waals surface area contributed by atoms with Gasteiger partial charge in [0.25, 0.3) is 0 Å². The van der Waals surface area contributed by atoms with E-state index in [0.717, 1.165) is 34.0 Å². The minimum atomic E-state index is 0.846. The van der Waals surface area contributed by atoms with E-state index >= 15 is 0 Å². The van der Waals surface area contributed by atoms with Crippen LogP contribution in [0.2, 0.25) is 0 Å². The third kappa shape index (κ3) is 7.21. The highest BCUT2D eigenvalue weighted by Gasteiger charge is 2.09. The second-order valence-electron chi connectivity index (χ2n) is 11.2. The lowest BCUT2D eigenvalue weighted by molar-refractivity contribution is 0.984. The Morgan fingerprint density at radius 3 is 2.09 bits per heavy atom. The molecule has 0 atom stereocenters. The van der Waals surface area contributed by atoms with Crippen molar-refractivity contribution >= 4 is 55.5 Å². The summed E-state index contributed by atoms with van der Waals surface area (Å²) in [4.78, 5) is 1.15. The van der Waals surface area contributed by atoms with E-state index in [1.54, 1.807) is 11.8 Å². The van der Waals surface area contributed by atoms with E-state index in [-0.39, 0.29) is 0 Å². The Morgan fingerprint density at radius 2 is 1.31 bits per heavy atom. The van der Waals surface area contributed by atoms with Crippen molar-refractivity contribution in [3.05, 3.63) is 174 Å². The van der Waals surface area contributed by atoms with E-state index in [4.69, 9.17) is 11.6 Å². The molecule has 7 aromatic rings. The molecule has 3 nitrogen and oxygen atoms in total. The summed E-state index contributed by atoms with van der Waals surface area (Å²) in [6.07, 6.45) is 2.97. The molecule has 0 aliphatic heterocycles. The summed E-state index contributed by atoms with van der Waals surface area (Å²) < 4.78 is 0. The summed E-state index contributed by atoms with van der Waals surface area (Å²) in [5.74, 6) is 6.57. The largest absolute Gasteiger partial charge is 0.397 e. The van der Waals surface area contributed by atoms with Gasteiger partial charge in [-0.2, -0.15) is 0 Å². The fourth-order valence-electron chi connectivity index (χ4n) is 5.61. The molecule has 0 heterocycles. The molecule has 0 aliphatic carbocycles. The van der Waals surface area contributed by atoms with Crippen molar-refractivity contribution in [2.24, 2.45) is 5.84 Å². The second kappa shape index (κ2) is 14.2. The number of fused-ring (bicyclic) bond motifs is 4. The van der Waals surface area contributed by atoms with Crippen molar-refractivity contribution in [1.82, 2.24) is 5.43 Å². The Hall–Kier alpha value is -5.03. The van der Waals surface area contributed by atoms with Gasteiger partial charge in [0, 0.05) is 16.0 Å². The zero-order chi connectivity index (χ0) is 31.0. The van der Waals surface area contributed by atoms with E-state index < -0.39 is 0 Å². The first kappa shape index (κ1) is 30.0. The Labute approximate surface area is 269 Å². The highest BCUT2D eigenvalue weighted by molar-refractivity contribution is 7.98. The number of anilines is 1. The summed E-state index contributed by atoms with van der Waals surface area (Å²) in [6.45, 7) is 2.12. The van der Waals surface area contributed by atoms with E-state index in [0.29, 0.717) is 0 Å². The standard InChI is InChI=1S/C22H19NS.C19H18N2/c1-15-7-11-19-18(13-15)9-8-17-10-12-20(22(23)21(17)19)24-14-16-5-3-2-4-6-16;20-21-19(17-7-2-1-3-8-17)13-11-15-10-12-16-6-4-5-9-18(16)14-15/h2-13H,14,23H2,1H3;1-10,12-14,21H,11,20H2/b;19-13-. The molecule has 222 valence electrons. The molecule has 45 heavy (non-hydrogen) atoms. The molecule has 0 aliphatic rings. The fourth-order valence-corrected chi connectivity index (χ4v) is 6.55. The number of hydrazine groups is 1. The van der Waals surface area contributed by atoms with Gasteiger partial charge in [-0.05, 0) is 63.0 Å². The number of rotatable bonds is 7. The van der Waals surface area contributed by atoms with Crippen LogP contribution < -0.4 is 17.0 Å². The Morgan fingerprint density at radius 1 is 0.644 bits per heavy atom. The molecule has 0 amide bonds. The molecule has 7 aromatic carbocycles. The van der Waals surface area contributed by atoms with Crippen LogP contribution >= 0.6 is 11.8 Å². The first-order valence-electron chi connectivity index (χ1n) is 15.2. The van der Waals surface area contributed by atoms with Crippen molar-refractivity contribution in [2.45, 2.75) is 24.0 Å². The predicted octanol–water partition coefficient (Wildman–Crippen LogP) is 10.1. The van der Waals surface area contributed by atoms with E-state index in [2.05, 4.69) is 128 Å². The van der Waals surface area contributed by atoms with Crippen LogP contribution in [-0.4, -0.2) is 0 Å². The van der Waals surface area contributed by atoms with Crippen molar-refractivity contribution in [3.8, 4) is 0 Å². The summed E-state index contributed by atoms with van der Waals surface area (Å²) >= 11 is 1.80. The summed E-state index contributed by atoms with van der Waals surface area (Å²) in [5.41, 5.74) is 16.2. The fraction of sp³-hybridized carbons (Fsp3) is 0.0732. The van der Waals surface area contributed by atoms with Crippen LogP contribution in [0.15, 0.2) is 157 Å². The zero-order valence-electron chi connectivity index (χ0n) is 25.4. The molecule has 0 aromatic heterocycles. The minimum absolute atomic E-state index is 0.846. The number of allylic oxidation sites excluding steroid dienone is 1. The van der Waals surface area contributed by atoms with Crippen molar-refractivity contribution in [3.63, 3.8) is 0 Å². The number of nitrogens with two attached hydrogens (primary N) is 2. The van der Waals surface area contributed by atoms with Gasteiger partial charge in [-0.3, -0.25) is 5.84 Å². The van der Waals surface area contributed by atoms with E-state index in [9.17, 15) is 0 Å². The molecule has 5 N–H and O–H groups in total. The van der Waals surface area contributed by atoms with Gasteiger partial charge >= 0.3 is 0 Å². The van der Waals surface area contributed by atoms with Crippen LogP contribution in [0.25, 0.3) is 38.0 Å². The van der Waals surface area contributed by atoms with E-state index in [1.807, 2.05) is 36.4 Å². The lowest BCUT2D eigenvalue weighted by atomic mass is 9.99. The smallest absolute Gasteiger partial charge is 0.0538 e. The van der Waals surface area contributed by atoms with Gasteiger partial charge in [0.2, 0.25) is 0 Å². The monoisotopic (exact) mass is 603 g/mol. The van der Waals surface area contributed by atoms with Gasteiger partial charge in [-0.15, -0.1) is 11.8 Å². The van der Waals surface area contributed by atoms with Crippen molar-refractivity contribution in [1.29, 1.82) is 0 Å². The molecule has 7 rings (SSSR count). The molecule has 0 saturated carbocycles. The number of nitrogens with one attached hydrogen (secondary N) is 1. The average molecular weight is 604 g/mol. The van der Waals surface area contributed by atoms with Crippen LogP contribution in [-0.2, 0) is 12.2 Å². The molecular formula is C41H37N3S. The highest BCUT2D eigenvalue weighted by atomic mass is 32.2. The number of aryl methyl sites for hydroxylation is 1. The van der Waals surface area contributed by atoms with Crippen LogP contribution in [0.3, 0.4) is 0 Å². The summed E-state index contributed by atoms with van der Waals surface area (Å²) in [6, 6.07) is 50.8. The van der Waals surface area contributed by atoms with Gasteiger partial charge in [0.05, 0.1) is 11.4 Å². The minimum Gasteiger partial charge on any atom is -0.397 e. The van der Waals surface area contributed by atoms with Crippen LogP contribution in [0, 0.1) is 6.92 Å². The molecule has 0 saturated heterocycles.